The van der Waals surface area contributed by atoms with Crippen molar-refractivity contribution < 1.29 is 24.2 Å². The number of aliphatic carboxylic acids is 1. The summed E-state index contributed by atoms with van der Waals surface area (Å²) in [4.78, 5) is 38.2. The van der Waals surface area contributed by atoms with Gasteiger partial charge in [-0.05, 0) is 49.9 Å². The molecule has 0 saturated heterocycles. The Labute approximate surface area is 188 Å². The lowest BCUT2D eigenvalue weighted by atomic mass is 10.0. The number of carboxylic acid groups (broad SMARTS) is 1. The summed E-state index contributed by atoms with van der Waals surface area (Å²) < 4.78 is 4.92. The molecule has 0 aliphatic carbocycles. The molecule has 2 aromatic carbocycles. The Bertz CT molecular complexity index is 860. The van der Waals surface area contributed by atoms with E-state index in [2.05, 4.69) is 0 Å². The Balaban J connectivity index is 2.10. The fraction of sp³-hybridized carbons (Fsp3) is 0.375. The van der Waals surface area contributed by atoms with Crippen LogP contribution in [0.25, 0.3) is 0 Å². The third kappa shape index (κ3) is 8.13. The summed E-state index contributed by atoms with van der Waals surface area (Å²) in [7, 11) is 0. The third-order valence-corrected chi connectivity index (χ3v) is 5.08. The highest BCUT2D eigenvalue weighted by atomic mass is 16.6. The molecule has 0 aliphatic rings. The van der Waals surface area contributed by atoms with E-state index in [1.807, 2.05) is 30.3 Å². The van der Waals surface area contributed by atoms with Crippen molar-refractivity contribution in [3.05, 3.63) is 66.2 Å². The molecular formula is C24H31N3O5. The van der Waals surface area contributed by atoms with Crippen LogP contribution in [0.5, 0.6) is 0 Å². The molecule has 0 saturated carbocycles. The average molecular weight is 442 g/mol. The molecule has 2 aromatic rings. The van der Waals surface area contributed by atoms with Gasteiger partial charge in [0.2, 0.25) is 0 Å². The summed E-state index contributed by atoms with van der Waals surface area (Å²) in [6, 6.07) is 16.3. The first-order valence-electron chi connectivity index (χ1n) is 10.7. The van der Waals surface area contributed by atoms with Gasteiger partial charge in [-0.1, -0.05) is 55.0 Å². The molecule has 0 heterocycles. The van der Waals surface area contributed by atoms with Crippen molar-refractivity contribution in [2.45, 2.75) is 44.2 Å². The molecular weight excluding hydrogens is 410 g/mol. The summed E-state index contributed by atoms with van der Waals surface area (Å²) in [5.74, 6) is -2.74. The number of hydrogen-bond acceptors (Lipinski definition) is 7. The number of carbonyl (C=O) groups excluding carboxylic acids is 2. The van der Waals surface area contributed by atoms with Crippen LogP contribution in [0.4, 0.5) is 5.69 Å². The number of anilines is 1. The Kier molecular flexibility index (Phi) is 10.4. The molecule has 0 aliphatic heterocycles. The summed E-state index contributed by atoms with van der Waals surface area (Å²) in [5.41, 5.74) is 12.8. The molecule has 0 spiro atoms. The van der Waals surface area contributed by atoms with Crippen molar-refractivity contribution >= 4 is 23.6 Å². The lowest BCUT2D eigenvalue weighted by Gasteiger charge is -2.30. The first-order valence-corrected chi connectivity index (χ1v) is 10.7. The minimum Gasteiger partial charge on any atom is -0.480 e. The van der Waals surface area contributed by atoms with Gasteiger partial charge in [0.1, 0.15) is 18.6 Å². The molecule has 2 atom stereocenters. The molecule has 1 unspecified atom stereocenters. The minimum atomic E-state index is -1.07. The molecule has 8 nitrogen and oxygen atoms in total. The van der Waals surface area contributed by atoms with Crippen molar-refractivity contribution in [3.63, 3.8) is 0 Å². The second kappa shape index (κ2) is 13.2. The SMILES string of the molecule is NCCCC[C@H](N)C(=O)OC(=O)CN(c1ccccc1)C(CCc1ccccc1)C(=O)O. The van der Waals surface area contributed by atoms with Gasteiger partial charge >= 0.3 is 17.9 Å². The quantitative estimate of drug-likeness (QED) is 0.244. The molecule has 0 fully saturated rings. The van der Waals surface area contributed by atoms with Gasteiger partial charge in [0, 0.05) is 5.69 Å². The minimum absolute atomic E-state index is 0.272. The van der Waals surface area contributed by atoms with Crippen LogP contribution in [0.15, 0.2) is 60.7 Å². The van der Waals surface area contributed by atoms with Crippen LogP contribution in [-0.2, 0) is 25.5 Å². The molecule has 5 N–H and O–H groups in total. The van der Waals surface area contributed by atoms with Gasteiger partial charge < -0.3 is 26.2 Å². The number of esters is 2. The average Bonchev–Trinajstić information content (AvgIpc) is 2.79. The lowest BCUT2D eigenvalue weighted by molar-refractivity contribution is -0.159. The van der Waals surface area contributed by atoms with Crippen molar-refractivity contribution in [3.8, 4) is 0 Å². The van der Waals surface area contributed by atoms with Gasteiger partial charge in [-0.25, -0.2) is 14.4 Å². The number of para-hydroxylation sites is 1. The van der Waals surface area contributed by atoms with E-state index >= 15 is 0 Å². The van der Waals surface area contributed by atoms with Crippen LogP contribution in [-0.4, -0.2) is 48.2 Å². The Morgan fingerprint density at radius 2 is 1.56 bits per heavy atom. The van der Waals surface area contributed by atoms with E-state index in [4.69, 9.17) is 16.2 Å². The number of nitrogens with two attached hydrogens (primary N) is 2. The van der Waals surface area contributed by atoms with E-state index in [-0.39, 0.29) is 6.42 Å². The maximum atomic E-state index is 12.5. The topological polar surface area (TPSA) is 136 Å². The summed E-state index contributed by atoms with van der Waals surface area (Å²) in [6.07, 6.45) is 2.52. The number of benzene rings is 2. The summed E-state index contributed by atoms with van der Waals surface area (Å²) in [5, 5.41) is 9.90. The number of nitrogens with zero attached hydrogens (tertiary/aromatic N) is 1. The number of hydrogen-bond donors (Lipinski definition) is 3. The predicted octanol–water partition coefficient (Wildman–Crippen LogP) is 2.11. The van der Waals surface area contributed by atoms with Gasteiger partial charge in [-0.3, -0.25) is 0 Å². The zero-order chi connectivity index (χ0) is 23.3. The standard InChI is InChI=1S/C24H31N3O5/c25-16-8-7-13-20(26)24(31)32-22(28)17-27(19-11-5-2-6-12-19)21(23(29)30)15-14-18-9-3-1-4-10-18/h1-6,9-12,20-21H,7-8,13-17,25-26H2,(H,29,30)/t20-,21?/m0/s1. The Hall–Kier alpha value is -3.23. The van der Waals surface area contributed by atoms with E-state index in [0.29, 0.717) is 31.5 Å². The Morgan fingerprint density at radius 3 is 2.16 bits per heavy atom. The molecule has 0 amide bonds. The Morgan fingerprint density at radius 1 is 0.938 bits per heavy atom. The molecule has 0 aromatic heterocycles. The van der Waals surface area contributed by atoms with Crippen LogP contribution < -0.4 is 16.4 Å². The van der Waals surface area contributed by atoms with E-state index in [0.717, 1.165) is 12.0 Å². The van der Waals surface area contributed by atoms with Crippen LogP contribution in [0.2, 0.25) is 0 Å². The van der Waals surface area contributed by atoms with E-state index in [1.165, 1.54) is 4.90 Å². The van der Waals surface area contributed by atoms with Crippen molar-refractivity contribution in [2.24, 2.45) is 11.5 Å². The zero-order valence-electron chi connectivity index (χ0n) is 18.1. The van der Waals surface area contributed by atoms with Crippen LogP contribution in [0.3, 0.4) is 0 Å². The first kappa shape index (κ1) is 25.0. The number of carboxylic acids is 1. The lowest BCUT2D eigenvalue weighted by Crippen LogP contribution is -2.46. The van der Waals surface area contributed by atoms with Gasteiger partial charge in [0.05, 0.1) is 0 Å². The third-order valence-electron chi connectivity index (χ3n) is 5.08. The highest BCUT2D eigenvalue weighted by Gasteiger charge is 2.29. The van der Waals surface area contributed by atoms with Crippen molar-refractivity contribution in [1.29, 1.82) is 0 Å². The monoisotopic (exact) mass is 441 g/mol. The number of unbranched alkanes of at least 4 members (excludes halogenated alkanes) is 1. The number of rotatable bonds is 13. The largest absolute Gasteiger partial charge is 0.480 e. The van der Waals surface area contributed by atoms with Gasteiger partial charge in [-0.15, -0.1) is 0 Å². The number of carbonyl (C=O) groups is 3. The second-order valence-corrected chi connectivity index (χ2v) is 7.53. The predicted molar refractivity (Wildman–Crippen MR) is 122 cm³/mol. The fourth-order valence-electron chi connectivity index (χ4n) is 3.35. The molecule has 8 heteroatoms. The summed E-state index contributed by atoms with van der Waals surface area (Å²) in [6.45, 7) is 0.101. The van der Waals surface area contributed by atoms with Gasteiger partial charge in [0.15, 0.2) is 0 Å². The highest BCUT2D eigenvalue weighted by molar-refractivity contribution is 5.91. The highest BCUT2D eigenvalue weighted by Crippen LogP contribution is 2.20. The van der Waals surface area contributed by atoms with E-state index in [1.54, 1.807) is 30.3 Å². The van der Waals surface area contributed by atoms with E-state index in [9.17, 15) is 19.5 Å². The smallest absolute Gasteiger partial charge is 0.333 e. The maximum absolute atomic E-state index is 12.5. The first-order chi connectivity index (χ1) is 15.4. The molecule has 2 rings (SSSR count). The van der Waals surface area contributed by atoms with Crippen molar-refractivity contribution in [1.82, 2.24) is 0 Å². The fourth-order valence-corrected chi connectivity index (χ4v) is 3.35. The second-order valence-electron chi connectivity index (χ2n) is 7.53. The van der Waals surface area contributed by atoms with Crippen LogP contribution in [0, 0.1) is 0 Å². The molecule has 32 heavy (non-hydrogen) atoms. The van der Waals surface area contributed by atoms with Crippen molar-refractivity contribution in [2.75, 3.05) is 18.0 Å². The van der Waals surface area contributed by atoms with Gasteiger partial charge in [0.25, 0.3) is 0 Å². The number of ether oxygens (including phenoxy) is 1. The normalized spacial score (nSPS) is 12.6. The van der Waals surface area contributed by atoms with Crippen LogP contribution >= 0.6 is 0 Å². The zero-order valence-corrected chi connectivity index (χ0v) is 18.1. The maximum Gasteiger partial charge on any atom is 0.333 e. The molecule has 0 radical (unpaired) electrons. The number of aryl methyl sites for hydroxylation is 1. The van der Waals surface area contributed by atoms with E-state index < -0.39 is 36.5 Å². The molecule has 172 valence electrons. The van der Waals surface area contributed by atoms with Crippen LogP contribution in [0.1, 0.15) is 31.2 Å². The summed E-state index contributed by atoms with van der Waals surface area (Å²) >= 11 is 0. The van der Waals surface area contributed by atoms with Gasteiger partial charge in [-0.2, -0.15) is 0 Å². The molecule has 0 bridgehead atoms.